The van der Waals surface area contributed by atoms with E-state index < -0.39 is 20.0 Å². The number of hydrogen-bond donors (Lipinski definition) is 1. The summed E-state index contributed by atoms with van der Waals surface area (Å²) >= 11 is 0. The van der Waals surface area contributed by atoms with Gasteiger partial charge in [0, 0.05) is 6.61 Å². The molecule has 0 spiro atoms. The van der Waals surface area contributed by atoms with E-state index in [1.165, 1.54) is 10.4 Å². The van der Waals surface area contributed by atoms with Crippen LogP contribution in [0, 0.1) is 5.92 Å². The number of amides is 1. The molecule has 1 saturated carbocycles. The Morgan fingerprint density at radius 2 is 1.46 bits per heavy atom. The smallest absolute Gasteiger partial charge is 0.407 e. The normalized spacial score (nSPS) is 19.5. The minimum absolute atomic E-state index is 0.0158. The monoisotopic (exact) mass is 497 g/mol. The third-order valence-corrected chi connectivity index (χ3v) is 11.5. The van der Waals surface area contributed by atoms with Crippen LogP contribution in [0.25, 0.3) is 0 Å². The quantitative estimate of drug-likeness (QED) is 0.480. The Balaban J connectivity index is 1.57. The van der Waals surface area contributed by atoms with Crippen molar-refractivity contribution in [1.82, 2.24) is 5.32 Å². The lowest BCUT2D eigenvalue weighted by molar-refractivity contribution is -0.0491. The molecular weight excluding hydrogens is 454 g/mol. The molecule has 0 aromatic heterocycles. The fraction of sp³-hybridized carbons (Fsp3) is 0.552. The molecule has 0 saturated heterocycles. The maximum Gasteiger partial charge on any atom is 0.407 e. The van der Waals surface area contributed by atoms with E-state index in [0.29, 0.717) is 12.5 Å². The highest BCUT2D eigenvalue weighted by Crippen LogP contribution is 2.39. The summed E-state index contributed by atoms with van der Waals surface area (Å²) in [5, 5.41) is 5.45. The van der Waals surface area contributed by atoms with Crippen LogP contribution in [0.1, 0.15) is 61.3 Å². The van der Waals surface area contributed by atoms with Crippen molar-refractivity contribution in [3.8, 4) is 0 Å². The molecule has 1 N–H and O–H groups in total. The van der Waals surface area contributed by atoms with Crippen LogP contribution in [0.2, 0.25) is 5.04 Å². The van der Waals surface area contributed by atoms with E-state index in [9.17, 15) is 4.79 Å². The summed E-state index contributed by atoms with van der Waals surface area (Å²) in [6.45, 7) is 15.7. The third-order valence-electron chi connectivity index (χ3n) is 6.49. The SMILES string of the molecule is CC(COC1CC(CO[Si](c2ccccc2)(c2ccccc2)C(C)(C)C)C1)NC(=O)OC(C)(C)C. The molecule has 0 heterocycles. The number of hydrogen-bond acceptors (Lipinski definition) is 4. The van der Waals surface area contributed by atoms with Crippen LogP contribution in [0.5, 0.6) is 0 Å². The maximum atomic E-state index is 11.9. The minimum atomic E-state index is -2.49. The average molecular weight is 498 g/mol. The van der Waals surface area contributed by atoms with Crippen LogP contribution in [-0.2, 0) is 13.9 Å². The Morgan fingerprint density at radius 3 is 1.91 bits per heavy atom. The highest BCUT2D eigenvalue weighted by atomic mass is 28.4. The summed E-state index contributed by atoms with van der Waals surface area (Å²) in [7, 11) is -2.49. The zero-order valence-corrected chi connectivity index (χ0v) is 23.5. The van der Waals surface area contributed by atoms with Gasteiger partial charge in [-0.05, 0) is 61.9 Å². The lowest BCUT2D eigenvalue weighted by Gasteiger charge is -2.45. The van der Waals surface area contributed by atoms with Crippen LogP contribution in [0.3, 0.4) is 0 Å². The zero-order chi connectivity index (χ0) is 25.7. The number of nitrogens with one attached hydrogen (secondary N) is 1. The average Bonchev–Trinajstić information content (AvgIpc) is 2.74. The number of alkyl carbamates (subject to hydrolysis) is 1. The molecule has 5 nitrogen and oxygen atoms in total. The summed E-state index contributed by atoms with van der Waals surface area (Å²) in [4.78, 5) is 11.9. The Bertz CT molecular complexity index is 891. The number of ether oxygens (including phenoxy) is 2. The Kier molecular flexibility index (Phi) is 8.84. The Morgan fingerprint density at radius 1 is 0.943 bits per heavy atom. The van der Waals surface area contributed by atoms with Gasteiger partial charge in [0.1, 0.15) is 5.60 Å². The first kappa shape index (κ1) is 27.4. The van der Waals surface area contributed by atoms with Crippen molar-refractivity contribution in [2.75, 3.05) is 13.2 Å². The van der Waals surface area contributed by atoms with E-state index in [1.807, 2.05) is 27.7 Å². The van der Waals surface area contributed by atoms with Gasteiger partial charge in [-0.25, -0.2) is 4.79 Å². The molecule has 1 unspecified atom stereocenters. The second-order valence-corrected chi connectivity index (χ2v) is 16.1. The highest BCUT2D eigenvalue weighted by Gasteiger charge is 2.50. The van der Waals surface area contributed by atoms with Crippen LogP contribution in [0.4, 0.5) is 4.79 Å². The molecule has 1 fully saturated rings. The number of rotatable bonds is 9. The van der Waals surface area contributed by atoms with Crippen molar-refractivity contribution in [3.63, 3.8) is 0 Å². The summed E-state index contributed by atoms with van der Waals surface area (Å²) in [5.41, 5.74) is -0.503. The van der Waals surface area contributed by atoms with E-state index in [0.717, 1.165) is 19.4 Å². The van der Waals surface area contributed by atoms with Crippen molar-refractivity contribution in [2.45, 2.75) is 84.1 Å². The number of benzene rings is 2. The van der Waals surface area contributed by atoms with Gasteiger partial charge in [0.25, 0.3) is 8.32 Å². The van der Waals surface area contributed by atoms with Crippen molar-refractivity contribution in [1.29, 1.82) is 0 Å². The first-order chi connectivity index (χ1) is 16.4. The summed E-state index contributed by atoms with van der Waals surface area (Å²) in [6.07, 6.45) is 1.78. The fourth-order valence-electron chi connectivity index (χ4n) is 4.78. The summed E-state index contributed by atoms with van der Waals surface area (Å²) in [6, 6.07) is 21.5. The van der Waals surface area contributed by atoms with E-state index in [-0.39, 0.29) is 17.2 Å². The molecule has 1 amide bonds. The fourth-order valence-corrected chi connectivity index (χ4v) is 9.42. The molecule has 3 rings (SSSR count). The molecule has 0 radical (unpaired) electrons. The van der Waals surface area contributed by atoms with E-state index >= 15 is 0 Å². The topological polar surface area (TPSA) is 56.8 Å². The van der Waals surface area contributed by atoms with Crippen LogP contribution < -0.4 is 15.7 Å². The van der Waals surface area contributed by atoms with Gasteiger partial charge < -0.3 is 19.2 Å². The standard InChI is InChI=1S/C29H43NO4Si/c1-22(30-27(31)34-28(2,3)4)20-32-24-18-23(19-24)21-33-35(29(5,6)7,25-14-10-8-11-15-25)26-16-12-9-13-17-26/h8-17,22-24H,18-21H2,1-7H3,(H,30,31). The first-order valence-corrected chi connectivity index (χ1v) is 14.7. The van der Waals surface area contributed by atoms with Crippen LogP contribution in [0.15, 0.2) is 60.7 Å². The van der Waals surface area contributed by atoms with Gasteiger partial charge >= 0.3 is 6.09 Å². The molecular formula is C29H43NO4Si. The lowest BCUT2D eigenvalue weighted by Crippen LogP contribution is -2.67. The predicted molar refractivity (Wildman–Crippen MR) is 145 cm³/mol. The van der Waals surface area contributed by atoms with Crippen LogP contribution in [-0.4, -0.2) is 45.4 Å². The molecule has 0 bridgehead atoms. The molecule has 6 heteroatoms. The molecule has 192 valence electrons. The van der Waals surface area contributed by atoms with Crippen LogP contribution >= 0.6 is 0 Å². The largest absolute Gasteiger partial charge is 0.444 e. The lowest BCUT2D eigenvalue weighted by atomic mass is 9.83. The van der Waals surface area contributed by atoms with E-state index in [1.54, 1.807) is 0 Å². The number of carbonyl (C=O) groups is 1. The Hall–Kier alpha value is -2.15. The number of carbonyl (C=O) groups excluding carboxylic acids is 1. The maximum absolute atomic E-state index is 11.9. The van der Waals surface area contributed by atoms with Gasteiger partial charge in [-0.15, -0.1) is 0 Å². The summed E-state index contributed by atoms with van der Waals surface area (Å²) in [5.74, 6) is 0.482. The predicted octanol–water partition coefficient (Wildman–Crippen LogP) is 5.27. The molecule has 2 aromatic rings. The second-order valence-electron chi connectivity index (χ2n) is 11.8. The summed E-state index contributed by atoms with van der Waals surface area (Å²) < 4.78 is 18.4. The molecule has 35 heavy (non-hydrogen) atoms. The van der Waals surface area contributed by atoms with Gasteiger partial charge in [0.15, 0.2) is 0 Å². The molecule has 1 atom stereocenters. The Labute approximate surface area is 212 Å². The van der Waals surface area contributed by atoms with E-state index in [2.05, 4.69) is 86.8 Å². The minimum Gasteiger partial charge on any atom is -0.444 e. The van der Waals surface area contributed by atoms with Crippen molar-refractivity contribution in [2.24, 2.45) is 5.92 Å². The molecule has 2 aromatic carbocycles. The van der Waals surface area contributed by atoms with Crippen molar-refractivity contribution >= 4 is 24.8 Å². The van der Waals surface area contributed by atoms with E-state index in [4.69, 9.17) is 13.9 Å². The molecule has 0 aliphatic heterocycles. The third kappa shape index (κ3) is 7.18. The van der Waals surface area contributed by atoms with Crippen molar-refractivity contribution in [3.05, 3.63) is 60.7 Å². The van der Waals surface area contributed by atoms with Gasteiger partial charge in [0.2, 0.25) is 0 Å². The zero-order valence-electron chi connectivity index (χ0n) is 22.5. The highest BCUT2D eigenvalue weighted by molar-refractivity contribution is 6.99. The molecule has 1 aliphatic carbocycles. The second kappa shape index (κ2) is 11.3. The first-order valence-electron chi connectivity index (χ1n) is 12.8. The van der Waals surface area contributed by atoms with Gasteiger partial charge in [0.05, 0.1) is 18.8 Å². The van der Waals surface area contributed by atoms with Gasteiger partial charge in [-0.3, -0.25) is 0 Å². The van der Waals surface area contributed by atoms with Gasteiger partial charge in [-0.2, -0.15) is 0 Å². The van der Waals surface area contributed by atoms with Gasteiger partial charge in [-0.1, -0.05) is 81.4 Å². The van der Waals surface area contributed by atoms with Crippen molar-refractivity contribution < 1.29 is 18.7 Å². The molecule has 1 aliphatic rings.